The van der Waals surface area contributed by atoms with Crippen LogP contribution in [0.5, 0.6) is 17.2 Å². The first-order chi connectivity index (χ1) is 17.4. The number of carbonyl (C=O) groups is 1. The Bertz CT molecular complexity index is 1440. The number of nitrogens with zero attached hydrogens (tertiary/aromatic N) is 1. The molecule has 0 radical (unpaired) electrons. The first-order valence-corrected chi connectivity index (χ1v) is 12.7. The van der Waals surface area contributed by atoms with Gasteiger partial charge in [-0.3, -0.25) is 4.79 Å². The van der Waals surface area contributed by atoms with E-state index in [1.807, 2.05) is 25.1 Å². The van der Waals surface area contributed by atoms with Gasteiger partial charge in [0.2, 0.25) is 0 Å². The van der Waals surface area contributed by atoms with Crippen LogP contribution in [0.4, 0.5) is 0 Å². The number of fused-ring (bicyclic) bond motifs is 1. The predicted octanol–water partition coefficient (Wildman–Crippen LogP) is 7.09. The van der Waals surface area contributed by atoms with Crippen molar-refractivity contribution in [2.24, 2.45) is 5.10 Å². The number of nitrogens with one attached hydrogen (secondary N) is 1. The van der Waals surface area contributed by atoms with E-state index in [1.54, 1.807) is 43.5 Å². The number of benzene rings is 3. The van der Waals surface area contributed by atoms with Crippen LogP contribution in [0, 0.1) is 3.57 Å². The number of hydrazone groups is 1. The molecule has 7 nitrogen and oxygen atoms in total. The molecule has 1 aromatic heterocycles. The molecule has 0 aliphatic heterocycles. The van der Waals surface area contributed by atoms with Crippen LogP contribution in [0.25, 0.3) is 11.0 Å². The lowest BCUT2D eigenvalue weighted by molar-refractivity contribution is 0.0929. The molecule has 1 N–H and O–H groups in total. The average Bonchev–Trinajstić information content (AvgIpc) is 3.28. The normalized spacial score (nSPS) is 11.1. The molecule has 0 aliphatic rings. The zero-order valence-electron chi connectivity index (χ0n) is 19.3. The molecule has 0 bridgehead atoms. The van der Waals surface area contributed by atoms with Gasteiger partial charge in [0.25, 0.3) is 0 Å². The smallest absolute Gasteiger partial charge is 0.307 e. The summed E-state index contributed by atoms with van der Waals surface area (Å²) in [4.78, 5) is 12.5. The second-order valence-electron chi connectivity index (χ2n) is 7.50. The van der Waals surface area contributed by atoms with Gasteiger partial charge in [-0.25, -0.2) is 5.43 Å². The van der Waals surface area contributed by atoms with Crippen molar-refractivity contribution in [3.63, 3.8) is 0 Å². The number of carbonyl (C=O) groups excluding carboxylic acids is 1. The maximum absolute atomic E-state index is 12.5. The molecule has 0 atom stereocenters. The molecule has 36 heavy (non-hydrogen) atoms. The minimum atomic E-state index is -0.470. The largest absolute Gasteiger partial charge is 0.494 e. The highest BCUT2D eigenvalue weighted by Gasteiger charge is 2.14. The summed E-state index contributed by atoms with van der Waals surface area (Å²) >= 11 is 14.4. The van der Waals surface area contributed by atoms with Gasteiger partial charge in [0.15, 0.2) is 17.3 Å². The standard InChI is InChI=1S/C26H21Cl2IN2O5/c1-3-34-19-6-7-22-17(10-19)11-24(36-22)26(32)31-30-13-15-8-21(29)25(23(9-15)33-2)35-14-16-4-5-18(27)12-20(16)28/h4-13H,3,14H2,1-2H3,(H,31,32)/b30-13+. The minimum absolute atomic E-state index is 0.146. The summed E-state index contributed by atoms with van der Waals surface area (Å²) in [5, 5.41) is 5.91. The highest BCUT2D eigenvalue weighted by Crippen LogP contribution is 2.35. The molecule has 0 unspecified atom stereocenters. The number of hydrogen-bond acceptors (Lipinski definition) is 6. The third kappa shape index (κ3) is 6.24. The molecule has 4 rings (SSSR count). The van der Waals surface area contributed by atoms with E-state index in [0.29, 0.717) is 45.0 Å². The van der Waals surface area contributed by atoms with Gasteiger partial charge in [0.05, 0.1) is 23.5 Å². The Labute approximate surface area is 231 Å². The molecule has 1 heterocycles. The third-order valence-corrected chi connectivity index (χ3v) is 6.43. The fourth-order valence-electron chi connectivity index (χ4n) is 3.35. The number of furan rings is 1. The summed E-state index contributed by atoms with van der Waals surface area (Å²) in [6.45, 7) is 2.71. The van der Waals surface area contributed by atoms with E-state index in [1.165, 1.54) is 6.21 Å². The van der Waals surface area contributed by atoms with E-state index in [4.69, 9.17) is 41.8 Å². The SMILES string of the molecule is CCOc1ccc2oc(C(=O)N/N=C/c3cc(I)c(OCc4ccc(Cl)cc4Cl)c(OC)c3)cc2c1. The highest BCUT2D eigenvalue weighted by atomic mass is 127. The first-order valence-electron chi connectivity index (χ1n) is 10.8. The number of halogens is 3. The number of ether oxygens (including phenoxy) is 3. The van der Waals surface area contributed by atoms with Gasteiger partial charge in [-0.1, -0.05) is 29.3 Å². The van der Waals surface area contributed by atoms with Gasteiger partial charge >= 0.3 is 5.91 Å². The van der Waals surface area contributed by atoms with Crippen LogP contribution in [0.1, 0.15) is 28.6 Å². The minimum Gasteiger partial charge on any atom is -0.494 e. The lowest BCUT2D eigenvalue weighted by Crippen LogP contribution is -2.16. The van der Waals surface area contributed by atoms with Crippen molar-refractivity contribution in [1.29, 1.82) is 0 Å². The van der Waals surface area contributed by atoms with E-state index < -0.39 is 5.91 Å². The lowest BCUT2D eigenvalue weighted by Gasteiger charge is -2.14. The van der Waals surface area contributed by atoms with Gasteiger partial charge in [-0.05, 0) is 83.6 Å². The van der Waals surface area contributed by atoms with Crippen molar-refractivity contribution in [2.45, 2.75) is 13.5 Å². The van der Waals surface area contributed by atoms with Crippen LogP contribution in [0.2, 0.25) is 10.0 Å². The van der Waals surface area contributed by atoms with Crippen molar-refractivity contribution < 1.29 is 23.4 Å². The maximum Gasteiger partial charge on any atom is 0.307 e. The topological polar surface area (TPSA) is 82.3 Å². The molecular weight excluding hydrogens is 618 g/mol. The van der Waals surface area contributed by atoms with E-state index in [2.05, 4.69) is 33.1 Å². The summed E-state index contributed by atoms with van der Waals surface area (Å²) in [5.74, 6) is 1.47. The Morgan fingerprint density at radius 2 is 1.94 bits per heavy atom. The highest BCUT2D eigenvalue weighted by molar-refractivity contribution is 14.1. The summed E-state index contributed by atoms with van der Waals surface area (Å²) in [7, 11) is 1.55. The van der Waals surface area contributed by atoms with Gasteiger partial charge < -0.3 is 18.6 Å². The van der Waals surface area contributed by atoms with E-state index in [0.717, 1.165) is 14.5 Å². The summed E-state index contributed by atoms with van der Waals surface area (Å²) < 4.78 is 23.4. The third-order valence-electron chi connectivity index (χ3n) is 5.04. The first kappa shape index (κ1) is 26.1. The van der Waals surface area contributed by atoms with Crippen molar-refractivity contribution in [2.75, 3.05) is 13.7 Å². The Morgan fingerprint density at radius 3 is 2.69 bits per heavy atom. The van der Waals surface area contributed by atoms with E-state index in [9.17, 15) is 4.79 Å². The van der Waals surface area contributed by atoms with Gasteiger partial charge in [-0.15, -0.1) is 0 Å². The fraction of sp³-hybridized carbons (Fsp3) is 0.154. The molecule has 3 aromatic carbocycles. The molecule has 1 amide bonds. The predicted molar refractivity (Wildman–Crippen MR) is 149 cm³/mol. The van der Waals surface area contributed by atoms with Crippen molar-refractivity contribution >= 4 is 68.9 Å². The maximum atomic E-state index is 12.5. The Kier molecular flexibility index (Phi) is 8.60. The fourth-order valence-corrected chi connectivity index (χ4v) is 4.60. The second-order valence-corrected chi connectivity index (χ2v) is 9.51. The number of amides is 1. The Hall–Kier alpha value is -2.95. The Balaban J connectivity index is 1.43. The number of rotatable bonds is 9. The van der Waals surface area contributed by atoms with Crippen molar-refractivity contribution in [1.82, 2.24) is 5.43 Å². The molecular formula is C26H21Cl2IN2O5. The van der Waals surface area contributed by atoms with E-state index in [-0.39, 0.29) is 12.4 Å². The van der Waals surface area contributed by atoms with E-state index >= 15 is 0 Å². The monoisotopic (exact) mass is 638 g/mol. The zero-order chi connectivity index (χ0) is 25.7. The molecule has 0 aliphatic carbocycles. The number of hydrogen-bond donors (Lipinski definition) is 1. The molecule has 4 aromatic rings. The van der Waals surface area contributed by atoms with Crippen molar-refractivity contribution in [3.05, 3.63) is 85.1 Å². The second kappa shape index (κ2) is 11.9. The zero-order valence-corrected chi connectivity index (χ0v) is 23.0. The molecule has 0 fully saturated rings. The lowest BCUT2D eigenvalue weighted by atomic mass is 10.2. The number of methoxy groups -OCH3 is 1. The molecule has 0 saturated heterocycles. The molecule has 0 saturated carbocycles. The average molecular weight is 639 g/mol. The molecule has 10 heteroatoms. The summed E-state index contributed by atoms with van der Waals surface area (Å²) in [6.07, 6.45) is 1.51. The van der Waals surface area contributed by atoms with Crippen LogP contribution in [-0.4, -0.2) is 25.8 Å². The summed E-state index contributed by atoms with van der Waals surface area (Å²) in [6, 6.07) is 15.9. The van der Waals surface area contributed by atoms with Crippen LogP contribution in [0.3, 0.4) is 0 Å². The molecule has 0 spiro atoms. The van der Waals surface area contributed by atoms with Crippen LogP contribution < -0.4 is 19.6 Å². The molecule has 186 valence electrons. The van der Waals surface area contributed by atoms with Gasteiger partial charge in [-0.2, -0.15) is 5.10 Å². The van der Waals surface area contributed by atoms with Crippen LogP contribution in [0.15, 0.2) is 64.1 Å². The van der Waals surface area contributed by atoms with Gasteiger partial charge in [0.1, 0.15) is 17.9 Å². The van der Waals surface area contributed by atoms with Gasteiger partial charge in [0, 0.05) is 21.0 Å². The van der Waals surface area contributed by atoms with Crippen LogP contribution in [-0.2, 0) is 6.61 Å². The Morgan fingerprint density at radius 1 is 1.11 bits per heavy atom. The summed E-state index contributed by atoms with van der Waals surface area (Å²) in [5.41, 5.74) is 4.57. The van der Waals surface area contributed by atoms with Crippen molar-refractivity contribution in [3.8, 4) is 17.2 Å². The van der Waals surface area contributed by atoms with Crippen LogP contribution >= 0.6 is 45.8 Å². The quantitative estimate of drug-likeness (QED) is 0.120.